The second-order valence-electron chi connectivity index (χ2n) is 5.65. The van der Waals surface area contributed by atoms with Crippen LogP contribution in [0.15, 0.2) is 47.5 Å². The van der Waals surface area contributed by atoms with Gasteiger partial charge in [0.1, 0.15) is 0 Å². The molecule has 0 saturated heterocycles. The van der Waals surface area contributed by atoms with Gasteiger partial charge >= 0.3 is 0 Å². The molecule has 148 valence electrons. The number of aliphatic imine (C=N–C) groups is 1. The van der Waals surface area contributed by atoms with Crippen LogP contribution in [0.3, 0.4) is 0 Å². The van der Waals surface area contributed by atoms with Gasteiger partial charge in [0, 0.05) is 25.2 Å². The molecular weight excluding hydrogens is 477 g/mol. The van der Waals surface area contributed by atoms with E-state index in [0.717, 1.165) is 41.0 Å². The lowest BCUT2D eigenvalue weighted by atomic mass is 10.1. The van der Waals surface area contributed by atoms with E-state index < -0.39 is 0 Å². The molecule has 0 fully saturated rings. The van der Waals surface area contributed by atoms with Crippen molar-refractivity contribution in [1.82, 2.24) is 10.6 Å². The second-order valence-corrected chi connectivity index (χ2v) is 6.09. The fourth-order valence-electron chi connectivity index (χ4n) is 2.52. The molecule has 2 rings (SSSR count). The zero-order chi connectivity index (χ0) is 18.8. The van der Waals surface area contributed by atoms with Gasteiger partial charge in [-0.3, -0.25) is 4.99 Å². The summed E-state index contributed by atoms with van der Waals surface area (Å²) in [6.07, 6.45) is 0.873. The van der Waals surface area contributed by atoms with Gasteiger partial charge in [0.05, 0.1) is 13.7 Å². The van der Waals surface area contributed by atoms with Gasteiger partial charge in [-0.05, 0) is 48.7 Å². The summed E-state index contributed by atoms with van der Waals surface area (Å²) in [5.41, 5.74) is 2.28. The third kappa shape index (κ3) is 7.84. The van der Waals surface area contributed by atoms with Crippen molar-refractivity contribution in [2.45, 2.75) is 19.9 Å². The van der Waals surface area contributed by atoms with Crippen molar-refractivity contribution < 1.29 is 9.47 Å². The molecule has 2 aromatic rings. The Morgan fingerprint density at radius 1 is 1.07 bits per heavy atom. The van der Waals surface area contributed by atoms with Crippen molar-refractivity contribution >= 4 is 41.5 Å². The van der Waals surface area contributed by atoms with Crippen LogP contribution in [-0.4, -0.2) is 33.3 Å². The van der Waals surface area contributed by atoms with Gasteiger partial charge in [0.15, 0.2) is 17.5 Å². The predicted octanol–water partition coefficient (Wildman–Crippen LogP) is 4.27. The Balaban J connectivity index is 0.00000364. The molecule has 7 heteroatoms. The maximum Gasteiger partial charge on any atom is 0.191 e. The molecule has 0 aliphatic carbocycles. The van der Waals surface area contributed by atoms with E-state index >= 15 is 0 Å². The zero-order valence-corrected chi connectivity index (χ0v) is 19.0. The van der Waals surface area contributed by atoms with Gasteiger partial charge in [0.25, 0.3) is 0 Å². The number of nitrogens with zero attached hydrogens (tertiary/aromatic N) is 1. The van der Waals surface area contributed by atoms with Crippen molar-refractivity contribution in [3.05, 3.63) is 58.6 Å². The minimum absolute atomic E-state index is 0. The lowest BCUT2D eigenvalue weighted by molar-refractivity contribution is 0.310. The number of guanidine groups is 1. The lowest BCUT2D eigenvalue weighted by Gasteiger charge is -2.14. The van der Waals surface area contributed by atoms with Crippen LogP contribution in [0, 0.1) is 0 Å². The molecule has 0 amide bonds. The number of ether oxygens (including phenoxy) is 2. The summed E-state index contributed by atoms with van der Waals surface area (Å²) in [6.45, 7) is 3.97. The Morgan fingerprint density at radius 3 is 2.56 bits per heavy atom. The topological polar surface area (TPSA) is 54.9 Å². The highest BCUT2D eigenvalue weighted by atomic mass is 127. The van der Waals surface area contributed by atoms with E-state index in [4.69, 9.17) is 21.1 Å². The third-order valence-electron chi connectivity index (χ3n) is 3.81. The first-order valence-electron chi connectivity index (χ1n) is 8.65. The Hall–Kier alpha value is -1.67. The number of methoxy groups -OCH3 is 1. The molecule has 0 atom stereocenters. The highest BCUT2D eigenvalue weighted by molar-refractivity contribution is 14.0. The molecule has 2 N–H and O–H groups in total. The van der Waals surface area contributed by atoms with Crippen molar-refractivity contribution in [2.24, 2.45) is 4.99 Å². The highest BCUT2D eigenvalue weighted by Gasteiger charge is 2.06. The number of nitrogens with one attached hydrogen (secondary N) is 2. The lowest BCUT2D eigenvalue weighted by Crippen LogP contribution is -2.37. The average molecular weight is 504 g/mol. The molecule has 0 spiro atoms. The minimum atomic E-state index is 0. The van der Waals surface area contributed by atoms with Gasteiger partial charge < -0.3 is 20.1 Å². The van der Waals surface area contributed by atoms with E-state index in [2.05, 4.69) is 21.7 Å². The number of rotatable bonds is 8. The maximum atomic E-state index is 6.01. The number of benzene rings is 2. The molecular formula is C20H27ClIN3O2. The Kier molecular flexibility index (Phi) is 11.0. The van der Waals surface area contributed by atoms with Crippen molar-refractivity contribution in [3.63, 3.8) is 0 Å². The monoisotopic (exact) mass is 503 g/mol. The van der Waals surface area contributed by atoms with E-state index in [1.54, 1.807) is 14.2 Å². The van der Waals surface area contributed by atoms with E-state index in [9.17, 15) is 0 Å². The number of hydrogen-bond donors (Lipinski definition) is 2. The average Bonchev–Trinajstić information content (AvgIpc) is 2.65. The van der Waals surface area contributed by atoms with Gasteiger partial charge in [0.2, 0.25) is 0 Å². The Labute approximate surface area is 183 Å². The molecule has 0 aromatic heterocycles. The van der Waals surface area contributed by atoms with Crippen LogP contribution in [0.4, 0.5) is 0 Å². The first kappa shape index (κ1) is 23.4. The molecule has 0 aliphatic rings. The number of halogens is 2. The van der Waals surface area contributed by atoms with Crippen LogP contribution in [0.1, 0.15) is 18.1 Å². The van der Waals surface area contributed by atoms with Crippen molar-refractivity contribution in [3.8, 4) is 11.5 Å². The Morgan fingerprint density at radius 2 is 1.89 bits per heavy atom. The molecule has 5 nitrogen and oxygen atoms in total. The summed E-state index contributed by atoms with van der Waals surface area (Å²) in [7, 11) is 3.40. The third-order valence-corrected chi connectivity index (χ3v) is 4.04. The first-order chi connectivity index (χ1) is 12.7. The van der Waals surface area contributed by atoms with Gasteiger partial charge in [-0.2, -0.15) is 0 Å². The zero-order valence-electron chi connectivity index (χ0n) is 15.9. The molecule has 2 aromatic carbocycles. The minimum Gasteiger partial charge on any atom is -0.493 e. The van der Waals surface area contributed by atoms with E-state index in [0.29, 0.717) is 13.2 Å². The molecule has 0 saturated carbocycles. The molecule has 0 heterocycles. The smallest absolute Gasteiger partial charge is 0.191 e. The maximum absolute atomic E-state index is 6.01. The summed E-state index contributed by atoms with van der Waals surface area (Å²) < 4.78 is 10.9. The normalized spacial score (nSPS) is 10.7. The molecule has 27 heavy (non-hydrogen) atoms. The van der Waals surface area contributed by atoms with Crippen LogP contribution >= 0.6 is 35.6 Å². The number of hydrogen-bond acceptors (Lipinski definition) is 3. The first-order valence-corrected chi connectivity index (χ1v) is 9.02. The SMILES string of the molecule is CCOc1ccc(CNC(=NC)NCCc2cccc(Cl)c2)cc1OC.I. The van der Waals surface area contributed by atoms with Gasteiger partial charge in [-0.15, -0.1) is 24.0 Å². The van der Waals surface area contributed by atoms with Crippen LogP contribution in [0.2, 0.25) is 5.02 Å². The van der Waals surface area contributed by atoms with Crippen molar-refractivity contribution in [1.29, 1.82) is 0 Å². The molecule has 0 unspecified atom stereocenters. The van der Waals surface area contributed by atoms with Gasteiger partial charge in [-0.1, -0.05) is 29.8 Å². The fraction of sp³-hybridized carbons (Fsp3) is 0.350. The summed E-state index contributed by atoms with van der Waals surface area (Å²) in [5.74, 6) is 2.23. The molecule has 0 bridgehead atoms. The predicted molar refractivity (Wildman–Crippen MR) is 123 cm³/mol. The van der Waals surface area contributed by atoms with Crippen LogP contribution < -0.4 is 20.1 Å². The summed E-state index contributed by atoms with van der Waals surface area (Å²) in [5, 5.41) is 7.37. The highest BCUT2D eigenvalue weighted by Crippen LogP contribution is 2.27. The standard InChI is InChI=1S/C20H26ClN3O2.HI/c1-4-26-18-9-8-16(13-19(18)25-3)14-24-20(22-2)23-11-10-15-6-5-7-17(21)12-15;/h5-9,12-13H,4,10-11,14H2,1-3H3,(H2,22,23,24);1H. The van der Waals surface area contributed by atoms with Crippen molar-refractivity contribution in [2.75, 3.05) is 27.3 Å². The van der Waals surface area contributed by atoms with Crippen LogP contribution in [0.25, 0.3) is 0 Å². The van der Waals surface area contributed by atoms with Crippen LogP contribution in [-0.2, 0) is 13.0 Å². The van der Waals surface area contributed by atoms with E-state index in [1.807, 2.05) is 43.3 Å². The second kappa shape index (κ2) is 12.7. The summed E-state index contributed by atoms with van der Waals surface area (Å²) in [4.78, 5) is 4.25. The molecule has 0 radical (unpaired) electrons. The fourth-order valence-corrected chi connectivity index (χ4v) is 2.73. The van der Waals surface area contributed by atoms with E-state index in [1.165, 1.54) is 5.56 Å². The van der Waals surface area contributed by atoms with Gasteiger partial charge in [-0.25, -0.2) is 0 Å². The van der Waals surface area contributed by atoms with Crippen LogP contribution in [0.5, 0.6) is 11.5 Å². The largest absolute Gasteiger partial charge is 0.493 e. The summed E-state index contributed by atoms with van der Waals surface area (Å²) >= 11 is 6.01. The molecule has 0 aliphatic heterocycles. The quantitative estimate of drug-likeness (QED) is 0.321. The Bertz CT molecular complexity index is 741. The van der Waals surface area contributed by atoms with E-state index in [-0.39, 0.29) is 24.0 Å². The summed E-state index contributed by atoms with van der Waals surface area (Å²) in [6, 6.07) is 13.8.